The number of nitrogens with two attached hydrogens (primary N) is 1. The van der Waals surface area contributed by atoms with E-state index in [-0.39, 0.29) is 0 Å². The van der Waals surface area contributed by atoms with E-state index >= 15 is 0 Å². The maximum atomic E-state index is 5.65. The first kappa shape index (κ1) is 8.91. The summed E-state index contributed by atoms with van der Waals surface area (Å²) < 4.78 is 0. The van der Waals surface area contributed by atoms with Crippen molar-refractivity contribution < 1.29 is 0 Å². The molecular weight excluding hydrogens is 200 g/mol. The molecular formula is C12H10N4. The summed E-state index contributed by atoms with van der Waals surface area (Å²) in [6.45, 7) is 0. The largest absolute Gasteiger partial charge is 0.385 e. The van der Waals surface area contributed by atoms with Gasteiger partial charge < -0.3 is 10.7 Å². The van der Waals surface area contributed by atoms with E-state index in [1.807, 2.05) is 30.4 Å². The van der Waals surface area contributed by atoms with Crippen molar-refractivity contribution >= 4 is 17.7 Å². The molecule has 2 aliphatic rings. The number of rotatable bonds is 1. The molecule has 4 heteroatoms. The van der Waals surface area contributed by atoms with Crippen LogP contribution in [-0.4, -0.2) is 16.9 Å². The Morgan fingerprint density at radius 2 is 2.12 bits per heavy atom. The lowest BCUT2D eigenvalue weighted by atomic mass is 10.1. The first-order chi connectivity index (χ1) is 7.84. The SMILES string of the molecule is Nc1ccc(C2=NC=CC2=C2C=CC=N2)[nH]1. The summed E-state index contributed by atoms with van der Waals surface area (Å²) in [4.78, 5) is 11.7. The Balaban J connectivity index is 2.07. The lowest BCUT2D eigenvalue weighted by Gasteiger charge is -2.02. The van der Waals surface area contributed by atoms with Crippen LogP contribution in [0.5, 0.6) is 0 Å². The maximum Gasteiger partial charge on any atom is 0.101 e. The van der Waals surface area contributed by atoms with Crippen molar-refractivity contribution in [3.63, 3.8) is 0 Å². The van der Waals surface area contributed by atoms with E-state index in [0.29, 0.717) is 5.82 Å². The van der Waals surface area contributed by atoms with E-state index in [2.05, 4.69) is 15.0 Å². The lowest BCUT2D eigenvalue weighted by Crippen LogP contribution is -2.03. The number of aromatic nitrogens is 1. The molecule has 16 heavy (non-hydrogen) atoms. The number of nitrogen functional groups attached to an aromatic ring is 1. The molecule has 0 amide bonds. The van der Waals surface area contributed by atoms with Gasteiger partial charge >= 0.3 is 0 Å². The summed E-state index contributed by atoms with van der Waals surface area (Å²) in [5, 5.41) is 0. The van der Waals surface area contributed by atoms with E-state index < -0.39 is 0 Å². The summed E-state index contributed by atoms with van der Waals surface area (Å²) in [5.41, 5.74) is 9.41. The van der Waals surface area contributed by atoms with Crippen LogP contribution in [0.25, 0.3) is 0 Å². The van der Waals surface area contributed by atoms with Crippen LogP contribution in [0.1, 0.15) is 5.69 Å². The molecule has 4 nitrogen and oxygen atoms in total. The van der Waals surface area contributed by atoms with E-state index in [9.17, 15) is 0 Å². The molecule has 3 rings (SSSR count). The normalized spacial score (nSPS) is 22.1. The number of anilines is 1. The van der Waals surface area contributed by atoms with E-state index in [1.165, 1.54) is 0 Å². The molecule has 1 aromatic rings. The van der Waals surface area contributed by atoms with Crippen molar-refractivity contribution in [2.45, 2.75) is 0 Å². The van der Waals surface area contributed by atoms with Crippen molar-refractivity contribution in [2.75, 3.05) is 5.73 Å². The molecule has 2 aliphatic heterocycles. The van der Waals surface area contributed by atoms with Gasteiger partial charge in [0.15, 0.2) is 0 Å². The predicted octanol–water partition coefficient (Wildman–Crippen LogP) is 1.81. The quantitative estimate of drug-likeness (QED) is 0.729. The standard InChI is InChI=1S/C12H10N4/c13-11-4-3-10(16-11)12-8(5-7-15-12)9-2-1-6-14-9/h1-7,16H,13H2. The topological polar surface area (TPSA) is 66.5 Å². The molecule has 0 aromatic carbocycles. The van der Waals surface area contributed by atoms with Gasteiger partial charge in [0, 0.05) is 18.0 Å². The van der Waals surface area contributed by atoms with Crippen LogP contribution in [-0.2, 0) is 0 Å². The lowest BCUT2D eigenvalue weighted by molar-refractivity contribution is 1.36. The summed E-state index contributed by atoms with van der Waals surface area (Å²) in [7, 11) is 0. The van der Waals surface area contributed by atoms with Crippen LogP contribution in [0.2, 0.25) is 0 Å². The number of aliphatic imine (C=N–C) groups is 2. The number of allylic oxidation sites excluding steroid dienone is 4. The monoisotopic (exact) mass is 210 g/mol. The van der Waals surface area contributed by atoms with Crippen LogP contribution in [0, 0.1) is 0 Å². The Bertz CT molecular complexity index is 568. The molecule has 0 atom stereocenters. The predicted molar refractivity (Wildman–Crippen MR) is 65.5 cm³/mol. The van der Waals surface area contributed by atoms with Gasteiger partial charge in [-0.25, -0.2) is 0 Å². The molecule has 0 aliphatic carbocycles. The maximum absolute atomic E-state index is 5.65. The smallest absolute Gasteiger partial charge is 0.101 e. The van der Waals surface area contributed by atoms with Crippen molar-refractivity contribution in [2.24, 2.45) is 9.98 Å². The summed E-state index contributed by atoms with van der Waals surface area (Å²) in [5.74, 6) is 0.638. The molecule has 0 saturated heterocycles. The Kier molecular flexibility index (Phi) is 1.86. The van der Waals surface area contributed by atoms with Crippen LogP contribution in [0.15, 0.2) is 57.8 Å². The average Bonchev–Trinajstić information content (AvgIpc) is 2.96. The number of nitrogens with one attached hydrogen (secondary N) is 1. The van der Waals surface area contributed by atoms with Crippen molar-refractivity contribution in [3.05, 3.63) is 53.5 Å². The van der Waals surface area contributed by atoms with Crippen molar-refractivity contribution in [3.8, 4) is 0 Å². The second-order valence-electron chi connectivity index (χ2n) is 3.56. The van der Waals surface area contributed by atoms with Crippen LogP contribution in [0.3, 0.4) is 0 Å². The molecule has 0 saturated carbocycles. The summed E-state index contributed by atoms with van der Waals surface area (Å²) in [6, 6.07) is 3.75. The zero-order valence-corrected chi connectivity index (χ0v) is 8.51. The fraction of sp³-hybridized carbons (Fsp3) is 0. The van der Waals surface area contributed by atoms with Gasteiger partial charge in [0.1, 0.15) is 5.82 Å². The molecule has 0 bridgehead atoms. The zero-order chi connectivity index (χ0) is 11.0. The van der Waals surface area contributed by atoms with Gasteiger partial charge in [-0.15, -0.1) is 0 Å². The Morgan fingerprint density at radius 3 is 2.81 bits per heavy atom. The molecule has 3 heterocycles. The summed E-state index contributed by atoms with van der Waals surface area (Å²) in [6.07, 6.45) is 9.38. The molecule has 3 N–H and O–H groups in total. The average molecular weight is 210 g/mol. The third kappa shape index (κ3) is 1.32. The molecule has 0 unspecified atom stereocenters. The first-order valence-corrected chi connectivity index (χ1v) is 4.99. The second kappa shape index (κ2) is 3.34. The third-order valence-electron chi connectivity index (χ3n) is 2.49. The van der Waals surface area contributed by atoms with Crippen LogP contribution < -0.4 is 5.73 Å². The number of H-pyrrole nitrogens is 1. The molecule has 0 spiro atoms. The van der Waals surface area contributed by atoms with E-state index in [1.54, 1.807) is 12.4 Å². The van der Waals surface area contributed by atoms with Gasteiger partial charge in [-0.2, -0.15) is 0 Å². The minimum absolute atomic E-state index is 0.638. The number of hydrogen-bond acceptors (Lipinski definition) is 3. The van der Waals surface area contributed by atoms with Gasteiger partial charge in [-0.1, -0.05) is 0 Å². The number of hydrogen-bond donors (Lipinski definition) is 2. The highest BCUT2D eigenvalue weighted by Gasteiger charge is 2.16. The highest BCUT2D eigenvalue weighted by molar-refractivity contribution is 6.16. The van der Waals surface area contributed by atoms with Gasteiger partial charge in [0.05, 0.1) is 17.1 Å². The molecule has 0 radical (unpaired) electrons. The Hall–Kier alpha value is -2.36. The zero-order valence-electron chi connectivity index (χ0n) is 8.51. The van der Waals surface area contributed by atoms with Crippen LogP contribution >= 0.6 is 0 Å². The van der Waals surface area contributed by atoms with Crippen LogP contribution in [0.4, 0.5) is 5.82 Å². The fourth-order valence-electron chi connectivity index (χ4n) is 1.77. The third-order valence-corrected chi connectivity index (χ3v) is 2.49. The van der Waals surface area contributed by atoms with E-state index in [0.717, 1.165) is 22.7 Å². The first-order valence-electron chi connectivity index (χ1n) is 4.99. The minimum Gasteiger partial charge on any atom is -0.385 e. The van der Waals surface area contributed by atoms with Crippen molar-refractivity contribution in [1.29, 1.82) is 0 Å². The molecule has 78 valence electrons. The van der Waals surface area contributed by atoms with Crippen molar-refractivity contribution in [1.82, 2.24) is 4.98 Å². The Labute approximate surface area is 92.6 Å². The molecule has 0 fully saturated rings. The summed E-state index contributed by atoms with van der Waals surface area (Å²) >= 11 is 0. The highest BCUT2D eigenvalue weighted by atomic mass is 14.9. The van der Waals surface area contributed by atoms with Gasteiger partial charge in [-0.05, 0) is 30.4 Å². The fourth-order valence-corrected chi connectivity index (χ4v) is 1.77. The molecule has 1 aromatic heterocycles. The van der Waals surface area contributed by atoms with E-state index in [4.69, 9.17) is 5.73 Å². The minimum atomic E-state index is 0.638. The second-order valence-corrected chi connectivity index (χ2v) is 3.56. The number of nitrogens with zero attached hydrogens (tertiary/aromatic N) is 2. The van der Waals surface area contributed by atoms with Gasteiger partial charge in [-0.3, -0.25) is 9.98 Å². The highest BCUT2D eigenvalue weighted by Crippen LogP contribution is 2.22. The van der Waals surface area contributed by atoms with Gasteiger partial charge in [0.2, 0.25) is 0 Å². The Morgan fingerprint density at radius 1 is 1.19 bits per heavy atom. The van der Waals surface area contributed by atoms with Gasteiger partial charge in [0.25, 0.3) is 0 Å². The number of aromatic amines is 1.